The van der Waals surface area contributed by atoms with Gasteiger partial charge in [0.1, 0.15) is 5.82 Å². The first-order valence-corrected chi connectivity index (χ1v) is 7.57. The number of nitrogens with two attached hydrogens (primary N) is 1. The predicted molar refractivity (Wildman–Crippen MR) is 85.6 cm³/mol. The molecule has 0 fully saturated rings. The van der Waals surface area contributed by atoms with Crippen LogP contribution in [0.15, 0.2) is 28.9 Å². The van der Waals surface area contributed by atoms with E-state index in [1.165, 1.54) is 0 Å². The van der Waals surface area contributed by atoms with Crippen LogP contribution in [0, 0.1) is 12.7 Å². The highest BCUT2D eigenvalue weighted by atomic mass is 79.9. The maximum Gasteiger partial charge on any atom is 0.131 e. The lowest BCUT2D eigenvalue weighted by Gasteiger charge is -2.18. The molecule has 0 spiro atoms. The second-order valence-electron chi connectivity index (χ2n) is 5.36. The van der Waals surface area contributed by atoms with E-state index in [1.54, 1.807) is 25.3 Å². The summed E-state index contributed by atoms with van der Waals surface area (Å²) >= 11 is 3.47. The van der Waals surface area contributed by atoms with Gasteiger partial charge in [0.2, 0.25) is 0 Å². The van der Waals surface area contributed by atoms with E-state index in [4.69, 9.17) is 5.73 Å². The van der Waals surface area contributed by atoms with E-state index in [9.17, 15) is 4.39 Å². The highest BCUT2D eigenvalue weighted by molar-refractivity contribution is 9.10. The quantitative estimate of drug-likeness (QED) is 0.897. The third-order valence-corrected chi connectivity index (χ3v) is 4.05. The van der Waals surface area contributed by atoms with E-state index in [1.807, 2.05) is 24.8 Å². The zero-order chi connectivity index (χ0) is 15.6. The van der Waals surface area contributed by atoms with E-state index >= 15 is 0 Å². The van der Waals surface area contributed by atoms with Crippen LogP contribution in [-0.2, 0) is 6.54 Å². The van der Waals surface area contributed by atoms with Gasteiger partial charge in [-0.1, -0.05) is 18.2 Å². The number of rotatable bonds is 5. The van der Waals surface area contributed by atoms with Gasteiger partial charge in [-0.2, -0.15) is 5.10 Å². The standard InChI is InChI=1S/C15H20BrFN4/c1-10-5-4-6-11(13(10)17)14(18)15-12(16)9-19-21(15)8-7-20(2)3/h4-6,9,14H,7-8,18H2,1-3H3. The summed E-state index contributed by atoms with van der Waals surface area (Å²) in [7, 11) is 4.00. The monoisotopic (exact) mass is 354 g/mol. The molecule has 4 nitrogen and oxygen atoms in total. The van der Waals surface area contributed by atoms with Crippen LogP contribution in [0.25, 0.3) is 0 Å². The summed E-state index contributed by atoms with van der Waals surface area (Å²) in [5.74, 6) is -0.253. The first-order valence-electron chi connectivity index (χ1n) is 6.78. The van der Waals surface area contributed by atoms with Crippen LogP contribution in [0.1, 0.15) is 22.9 Å². The van der Waals surface area contributed by atoms with Gasteiger partial charge in [-0.25, -0.2) is 4.39 Å². The Morgan fingerprint density at radius 2 is 2.14 bits per heavy atom. The lowest BCUT2D eigenvalue weighted by atomic mass is 10.0. The van der Waals surface area contributed by atoms with Crippen LogP contribution in [-0.4, -0.2) is 35.3 Å². The number of aryl methyl sites for hydroxylation is 1. The highest BCUT2D eigenvalue weighted by Gasteiger charge is 2.21. The molecule has 2 N–H and O–H groups in total. The van der Waals surface area contributed by atoms with Crippen LogP contribution in [0.4, 0.5) is 4.39 Å². The molecule has 0 saturated heterocycles. The summed E-state index contributed by atoms with van der Waals surface area (Å²) in [6, 6.07) is 4.73. The number of likely N-dealkylation sites (N-methyl/N-ethyl adjacent to an activating group) is 1. The largest absolute Gasteiger partial charge is 0.319 e. The minimum Gasteiger partial charge on any atom is -0.319 e. The van der Waals surface area contributed by atoms with Crippen molar-refractivity contribution in [2.45, 2.75) is 19.5 Å². The third kappa shape index (κ3) is 3.51. The van der Waals surface area contributed by atoms with Crippen molar-refractivity contribution in [1.29, 1.82) is 0 Å². The van der Waals surface area contributed by atoms with Gasteiger partial charge in [0, 0.05) is 12.1 Å². The number of nitrogens with zero attached hydrogens (tertiary/aromatic N) is 3. The molecule has 1 atom stereocenters. The molecule has 2 rings (SSSR count). The van der Waals surface area contributed by atoms with Crippen molar-refractivity contribution in [3.63, 3.8) is 0 Å². The van der Waals surface area contributed by atoms with Crippen molar-refractivity contribution in [2.24, 2.45) is 5.73 Å². The molecule has 114 valence electrons. The molecule has 0 aliphatic carbocycles. The van der Waals surface area contributed by atoms with Crippen LogP contribution < -0.4 is 5.73 Å². The van der Waals surface area contributed by atoms with E-state index in [-0.39, 0.29) is 5.82 Å². The zero-order valence-electron chi connectivity index (χ0n) is 12.5. The molecular formula is C15H20BrFN4. The molecule has 0 aliphatic heterocycles. The van der Waals surface area contributed by atoms with Gasteiger partial charge in [0.25, 0.3) is 0 Å². The van der Waals surface area contributed by atoms with Crippen LogP contribution >= 0.6 is 15.9 Å². The number of benzene rings is 1. The molecule has 6 heteroatoms. The van der Waals surface area contributed by atoms with E-state index in [0.29, 0.717) is 17.7 Å². The minimum absolute atomic E-state index is 0.253. The summed E-state index contributed by atoms with van der Waals surface area (Å²) in [6.07, 6.45) is 1.71. The van der Waals surface area contributed by atoms with Crippen LogP contribution in [0.3, 0.4) is 0 Å². The highest BCUT2D eigenvalue weighted by Crippen LogP contribution is 2.29. The molecule has 1 heterocycles. The molecule has 0 aliphatic rings. The van der Waals surface area contributed by atoms with Crippen molar-refractivity contribution in [3.8, 4) is 0 Å². The smallest absolute Gasteiger partial charge is 0.131 e. The Bertz CT molecular complexity index is 624. The van der Waals surface area contributed by atoms with Gasteiger partial charge in [-0.15, -0.1) is 0 Å². The van der Waals surface area contributed by atoms with E-state index in [0.717, 1.165) is 16.7 Å². The van der Waals surface area contributed by atoms with Gasteiger partial charge in [0.15, 0.2) is 0 Å². The topological polar surface area (TPSA) is 47.1 Å². The minimum atomic E-state index is -0.552. The summed E-state index contributed by atoms with van der Waals surface area (Å²) < 4.78 is 16.9. The molecule has 2 aromatic rings. The molecule has 21 heavy (non-hydrogen) atoms. The van der Waals surface area contributed by atoms with Crippen molar-refractivity contribution >= 4 is 15.9 Å². The Hall–Kier alpha value is -1.24. The SMILES string of the molecule is Cc1cccc(C(N)c2c(Br)cnn2CCN(C)C)c1F. The molecule has 0 amide bonds. The zero-order valence-corrected chi connectivity index (χ0v) is 14.1. The van der Waals surface area contributed by atoms with E-state index in [2.05, 4.69) is 25.9 Å². The van der Waals surface area contributed by atoms with Gasteiger partial charge in [-0.3, -0.25) is 4.68 Å². The lowest BCUT2D eigenvalue weighted by molar-refractivity contribution is 0.367. The Kier molecular flexibility index (Phi) is 5.13. The van der Waals surface area contributed by atoms with Crippen molar-refractivity contribution in [3.05, 3.63) is 51.5 Å². The van der Waals surface area contributed by atoms with Crippen molar-refractivity contribution in [2.75, 3.05) is 20.6 Å². The summed E-state index contributed by atoms with van der Waals surface area (Å²) in [5, 5.41) is 4.33. The number of aromatic nitrogens is 2. The van der Waals surface area contributed by atoms with Crippen molar-refractivity contribution in [1.82, 2.24) is 14.7 Å². The summed E-state index contributed by atoms with van der Waals surface area (Å²) in [6.45, 7) is 3.28. The van der Waals surface area contributed by atoms with Gasteiger partial charge >= 0.3 is 0 Å². The molecule has 1 aromatic heterocycles. The molecule has 0 saturated carbocycles. The lowest BCUT2D eigenvalue weighted by Crippen LogP contribution is -2.24. The Morgan fingerprint density at radius 1 is 1.43 bits per heavy atom. The second kappa shape index (κ2) is 6.68. The van der Waals surface area contributed by atoms with Crippen LogP contribution in [0.2, 0.25) is 0 Å². The summed E-state index contributed by atoms with van der Waals surface area (Å²) in [4.78, 5) is 2.07. The molecule has 0 radical (unpaired) electrons. The number of hydrogen-bond acceptors (Lipinski definition) is 3. The van der Waals surface area contributed by atoms with E-state index < -0.39 is 6.04 Å². The molecular weight excluding hydrogens is 335 g/mol. The average Bonchev–Trinajstić information content (AvgIpc) is 2.80. The van der Waals surface area contributed by atoms with Crippen molar-refractivity contribution < 1.29 is 4.39 Å². The molecule has 1 aromatic carbocycles. The number of halogens is 2. The molecule has 0 bridgehead atoms. The van der Waals surface area contributed by atoms with Gasteiger partial charge in [0.05, 0.1) is 29.0 Å². The first kappa shape index (κ1) is 16.1. The fourth-order valence-electron chi connectivity index (χ4n) is 2.21. The Morgan fingerprint density at radius 3 is 2.81 bits per heavy atom. The maximum absolute atomic E-state index is 14.3. The van der Waals surface area contributed by atoms with Gasteiger partial charge < -0.3 is 10.6 Å². The third-order valence-electron chi connectivity index (χ3n) is 3.44. The fraction of sp³-hybridized carbons (Fsp3) is 0.400. The normalized spacial score (nSPS) is 12.9. The number of hydrogen-bond donors (Lipinski definition) is 1. The predicted octanol–water partition coefficient (Wildman–Crippen LogP) is 2.70. The fourth-order valence-corrected chi connectivity index (χ4v) is 2.75. The maximum atomic E-state index is 14.3. The molecule has 1 unspecified atom stereocenters. The average molecular weight is 355 g/mol. The van der Waals surface area contributed by atoms with Gasteiger partial charge in [-0.05, 0) is 42.5 Å². The Balaban J connectivity index is 2.36. The Labute approximate surface area is 132 Å². The first-order chi connectivity index (χ1) is 9.91. The second-order valence-corrected chi connectivity index (χ2v) is 6.21. The van der Waals surface area contributed by atoms with Crippen LogP contribution in [0.5, 0.6) is 0 Å². The summed E-state index contributed by atoms with van der Waals surface area (Å²) in [5.41, 5.74) is 8.17.